The van der Waals surface area contributed by atoms with Gasteiger partial charge in [0.05, 0.1) is 36.4 Å². The van der Waals surface area contributed by atoms with Crippen LogP contribution in [-0.4, -0.2) is 35.4 Å². The van der Waals surface area contributed by atoms with E-state index in [-0.39, 0.29) is 18.5 Å². The van der Waals surface area contributed by atoms with Crippen LogP contribution in [0.1, 0.15) is 22.9 Å². The number of amides is 1. The third-order valence-electron chi connectivity index (χ3n) is 5.63. The highest BCUT2D eigenvalue weighted by Crippen LogP contribution is 2.38. The van der Waals surface area contributed by atoms with Crippen molar-refractivity contribution in [2.45, 2.75) is 19.0 Å². The smallest absolute Gasteiger partial charge is 0.420 e. The van der Waals surface area contributed by atoms with Gasteiger partial charge in [-0.25, -0.2) is 9.80 Å². The number of benzene rings is 2. The minimum absolute atomic E-state index is 0.180. The molecule has 5 rings (SSSR count). The molecule has 33 heavy (non-hydrogen) atoms. The van der Waals surface area contributed by atoms with E-state index in [0.29, 0.717) is 29.0 Å². The van der Waals surface area contributed by atoms with Crippen LogP contribution in [0.4, 0.5) is 0 Å². The zero-order valence-corrected chi connectivity index (χ0v) is 18.9. The largest absolute Gasteiger partial charge is 0.493 e. The van der Waals surface area contributed by atoms with Crippen molar-refractivity contribution >= 4 is 34.1 Å². The molecule has 2 aromatic carbocycles. The Labute approximate surface area is 193 Å². The molecule has 0 bridgehead atoms. The molecule has 0 radical (unpaired) electrons. The van der Waals surface area contributed by atoms with E-state index in [9.17, 15) is 9.59 Å². The minimum Gasteiger partial charge on any atom is -0.493 e. The lowest BCUT2D eigenvalue weighted by molar-refractivity contribution is -0.133. The number of carbonyl (C=O) groups is 1. The SMILES string of the molecule is COc1ccc(C2CC(c3cccs3)=NN2C(=O)Cn2c(=O)oc3ccccc32)cc1OC. The van der Waals surface area contributed by atoms with E-state index in [1.54, 1.807) is 49.8 Å². The van der Waals surface area contributed by atoms with Crippen molar-refractivity contribution < 1.29 is 18.7 Å². The van der Waals surface area contributed by atoms with Crippen LogP contribution in [0.2, 0.25) is 0 Å². The summed E-state index contributed by atoms with van der Waals surface area (Å²) in [5, 5.41) is 8.11. The molecular weight excluding hydrogens is 442 g/mol. The van der Waals surface area contributed by atoms with Gasteiger partial charge in [-0.05, 0) is 41.3 Å². The Morgan fingerprint density at radius 1 is 1.12 bits per heavy atom. The molecule has 3 heterocycles. The molecular formula is C24H21N3O5S. The first-order chi connectivity index (χ1) is 16.1. The number of hydrazone groups is 1. The lowest BCUT2D eigenvalue weighted by Gasteiger charge is -2.23. The second-order valence-corrected chi connectivity index (χ2v) is 8.47. The van der Waals surface area contributed by atoms with Crippen LogP contribution in [0.15, 0.2) is 74.3 Å². The maximum atomic E-state index is 13.4. The van der Waals surface area contributed by atoms with E-state index < -0.39 is 5.76 Å². The number of para-hydroxylation sites is 2. The number of fused-ring (bicyclic) bond motifs is 1. The quantitative estimate of drug-likeness (QED) is 0.431. The van der Waals surface area contributed by atoms with Crippen molar-refractivity contribution in [1.29, 1.82) is 0 Å². The maximum Gasteiger partial charge on any atom is 0.420 e. The van der Waals surface area contributed by atoms with E-state index in [1.807, 2.05) is 35.7 Å². The number of methoxy groups -OCH3 is 2. The number of hydrogen-bond acceptors (Lipinski definition) is 7. The summed E-state index contributed by atoms with van der Waals surface area (Å²) in [5.74, 6) is 0.292. The van der Waals surface area contributed by atoms with Gasteiger partial charge in [-0.15, -0.1) is 11.3 Å². The molecule has 0 saturated heterocycles. The van der Waals surface area contributed by atoms with Gasteiger partial charge in [0.15, 0.2) is 17.1 Å². The van der Waals surface area contributed by atoms with E-state index in [0.717, 1.165) is 16.2 Å². The minimum atomic E-state index is -0.575. The topological polar surface area (TPSA) is 86.3 Å². The van der Waals surface area contributed by atoms with Crippen LogP contribution in [-0.2, 0) is 11.3 Å². The van der Waals surface area contributed by atoms with Gasteiger partial charge in [-0.1, -0.05) is 24.3 Å². The van der Waals surface area contributed by atoms with Gasteiger partial charge in [0.25, 0.3) is 5.91 Å². The average molecular weight is 464 g/mol. The number of nitrogens with zero attached hydrogens (tertiary/aromatic N) is 3. The second kappa shape index (κ2) is 8.59. The predicted molar refractivity (Wildman–Crippen MR) is 125 cm³/mol. The standard InChI is InChI=1S/C24H21N3O5S/c1-30-20-10-9-15(12-21(20)31-2)18-13-16(22-8-5-11-33-22)25-27(18)23(28)14-26-17-6-3-4-7-19(17)32-24(26)29/h3-12,18H,13-14H2,1-2H3. The normalized spacial score (nSPS) is 15.6. The van der Waals surface area contributed by atoms with Gasteiger partial charge in [0.2, 0.25) is 0 Å². The number of hydrogen-bond donors (Lipinski definition) is 0. The fourth-order valence-electron chi connectivity index (χ4n) is 4.02. The van der Waals surface area contributed by atoms with E-state index >= 15 is 0 Å². The summed E-state index contributed by atoms with van der Waals surface area (Å²) in [6.45, 7) is -0.180. The number of rotatable bonds is 6. The number of carbonyl (C=O) groups excluding carboxylic acids is 1. The fourth-order valence-corrected chi connectivity index (χ4v) is 4.74. The van der Waals surface area contributed by atoms with Gasteiger partial charge in [0.1, 0.15) is 6.54 Å². The highest BCUT2D eigenvalue weighted by molar-refractivity contribution is 7.12. The van der Waals surface area contributed by atoms with E-state index in [1.165, 1.54) is 9.58 Å². The van der Waals surface area contributed by atoms with Crippen LogP contribution in [0.25, 0.3) is 11.1 Å². The van der Waals surface area contributed by atoms with Crippen LogP contribution >= 0.6 is 11.3 Å². The zero-order valence-electron chi connectivity index (χ0n) is 18.1. The second-order valence-electron chi connectivity index (χ2n) is 7.52. The summed E-state index contributed by atoms with van der Waals surface area (Å²) in [5.41, 5.74) is 2.69. The van der Waals surface area contributed by atoms with Crippen molar-refractivity contribution in [1.82, 2.24) is 9.58 Å². The highest BCUT2D eigenvalue weighted by atomic mass is 32.1. The van der Waals surface area contributed by atoms with Gasteiger partial charge >= 0.3 is 5.76 Å². The predicted octanol–water partition coefficient (Wildman–Crippen LogP) is 4.05. The molecule has 0 fully saturated rings. The number of thiophene rings is 1. The third-order valence-corrected chi connectivity index (χ3v) is 6.55. The first-order valence-corrected chi connectivity index (χ1v) is 11.2. The van der Waals surface area contributed by atoms with Crippen molar-refractivity contribution in [2.24, 2.45) is 5.10 Å². The number of ether oxygens (including phenoxy) is 2. The molecule has 0 N–H and O–H groups in total. The molecule has 168 valence electrons. The summed E-state index contributed by atoms with van der Waals surface area (Å²) in [6, 6.07) is 16.2. The molecule has 1 amide bonds. The fraction of sp³-hybridized carbons (Fsp3) is 0.208. The lowest BCUT2D eigenvalue weighted by Crippen LogP contribution is -2.32. The van der Waals surface area contributed by atoms with Gasteiger partial charge in [-0.2, -0.15) is 5.10 Å². The van der Waals surface area contributed by atoms with Gasteiger partial charge in [-0.3, -0.25) is 9.36 Å². The molecule has 8 nitrogen and oxygen atoms in total. The van der Waals surface area contributed by atoms with Crippen LogP contribution < -0.4 is 15.2 Å². The number of aromatic nitrogens is 1. The van der Waals surface area contributed by atoms with Gasteiger partial charge in [0, 0.05) is 6.42 Å². The molecule has 0 spiro atoms. The van der Waals surface area contributed by atoms with Crippen LogP contribution in [0, 0.1) is 0 Å². The molecule has 2 aromatic heterocycles. The molecule has 9 heteroatoms. The Morgan fingerprint density at radius 3 is 2.70 bits per heavy atom. The Bertz CT molecular complexity index is 1400. The Balaban J connectivity index is 1.52. The molecule has 1 atom stereocenters. The summed E-state index contributed by atoms with van der Waals surface area (Å²) in [4.78, 5) is 26.9. The molecule has 4 aromatic rings. The monoisotopic (exact) mass is 463 g/mol. The lowest BCUT2D eigenvalue weighted by atomic mass is 10.0. The summed E-state index contributed by atoms with van der Waals surface area (Å²) < 4.78 is 17.4. The molecule has 1 aliphatic rings. The van der Waals surface area contributed by atoms with Crippen LogP contribution in [0.3, 0.4) is 0 Å². The molecule has 0 aliphatic carbocycles. The first kappa shape index (κ1) is 21.0. The summed E-state index contributed by atoms with van der Waals surface area (Å²) >= 11 is 1.57. The summed E-state index contributed by atoms with van der Waals surface area (Å²) in [6.07, 6.45) is 0.544. The van der Waals surface area contributed by atoms with Crippen molar-refractivity contribution in [3.8, 4) is 11.5 Å². The van der Waals surface area contributed by atoms with Crippen molar-refractivity contribution in [3.63, 3.8) is 0 Å². The van der Waals surface area contributed by atoms with Crippen molar-refractivity contribution in [2.75, 3.05) is 14.2 Å². The summed E-state index contributed by atoms with van der Waals surface area (Å²) in [7, 11) is 3.15. The Morgan fingerprint density at radius 2 is 1.94 bits per heavy atom. The Hall–Kier alpha value is -3.85. The molecule has 1 unspecified atom stereocenters. The Kier molecular flexibility index (Phi) is 5.47. The molecule has 0 saturated carbocycles. The van der Waals surface area contributed by atoms with Crippen LogP contribution in [0.5, 0.6) is 11.5 Å². The average Bonchev–Trinajstić information content (AvgIpc) is 3.58. The maximum absolute atomic E-state index is 13.4. The van der Waals surface area contributed by atoms with Crippen molar-refractivity contribution in [3.05, 3.63) is 81.0 Å². The van der Waals surface area contributed by atoms with E-state index in [4.69, 9.17) is 13.9 Å². The highest BCUT2D eigenvalue weighted by Gasteiger charge is 2.34. The van der Waals surface area contributed by atoms with E-state index in [2.05, 4.69) is 5.10 Å². The number of oxazole rings is 1. The zero-order chi connectivity index (χ0) is 22.9. The third kappa shape index (κ3) is 3.80. The van der Waals surface area contributed by atoms with Gasteiger partial charge < -0.3 is 13.9 Å². The molecule has 1 aliphatic heterocycles. The first-order valence-electron chi connectivity index (χ1n) is 10.3.